The number of anilines is 2. The van der Waals surface area contributed by atoms with Gasteiger partial charge in [0.05, 0.1) is 35.3 Å². The maximum atomic E-state index is 12.5. The molecule has 4 aromatic rings. The van der Waals surface area contributed by atoms with Crippen LogP contribution in [0.5, 0.6) is 28.9 Å². The third-order valence-electron chi connectivity index (χ3n) is 6.69. The summed E-state index contributed by atoms with van der Waals surface area (Å²) in [7, 11) is 1.55. The lowest BCUT2D eigenvalue weighted by Crippen LogP contribution is -2.21. The summed E-state index contributed by atoms with van der Waals surface area (Å²) in [5.41, 5.74) is 0.915. The largest absolute Gasteiger partial charge is 0.573 e. The lowest BCUT2D eigenvalue weighted by Gasteiger charge is -2.16. The van der Waals surface area contributed by atoms with Crippen LogP contribution in [0, 0.1) is 0 Å². The molecule has 1 aromatic heterocycles. The highest BCUT2D eigenvalue weighted by Gasteiger charge is 2.31. The normalized spacial score (nSPS) is 13.5. The van der Waals surface area contributed by atoms with E-state index in [-0.39, 0.29) is 22.3 Å². The number of rotatable bonds is 11. The van der Waals surface area contributed by atoms with Gasteiger partial charge in [-0.25, -0.2) is 14.8 Å². The van der Waals surface area contributed by atoms with Crippen LogP contribution in [-0.2, 0) is 0 Å². The van der Waals surface area contributed by atoms with Gasteiger partial charge in [-0.05, 0) is 62.7 Å². The van der Waals surface area contributed by atoms with Crippen molar-refractivity contribution in [2.24, 2.45) is 0 Å². The number of amides is 2. The third kappa shape index (κ3) is 8.32. The maximum Gasteiger partial charge on any atom is 0.573 e. The van der Waals surface area contributed by atoms with Crippen LogP contribution in [0.1, 0.15) is 19.3 Å². The van der Waals surface area contributed by atoms with Gasteiger partial charge < -0.3 is 34.5 Å². The van der Waals surface area contributed by atoms with Gasteiger partial charge in [0, 0.05) is 30.4 Å². The van der Waals surface area contributed by atoms with Crippen LogP contribution in [0.3, 0.4) is 0 Å². The van der Waals surface area contributed by atoms with Gasteiger partial charge in [0.15, 0.2) is 11.5 Å². The number of carbonyl (C=O) groups excluding carboxylic acids is 1. The standard InChI is InChI=1S/C30H29ClF3N5O5/c1-41-26-16-22-25(17-27(26)42-13-5-12-39-10-2-3-11-39)35-18-36-28(22)43-20-8-9-24(23(31)15-20)38-29(40)37-19-6-4-7-21(14-19)44-30(32,33)34/h4,6-9,14-18H,2-3,5,10-13H2,1H3,(H2,37,38,40). The summed E-state index contributed by atoms with van der Waals surface area (Å²) in [6.45, 7) is 3.82. The van der Waals surface area contributed by atoms with Gasteiger partial charge in [-0.3, -0.25) is 0 Å². The summed E-state index contributed by atoms with van der Waals surface area (Å²) >= 11 is 6.39. The summed E-state index contributed by atoms with van der Waals surface area (Å²) in [6.07, 6.45) is -0.0843. The number of alkyl halides is 3. The van der Waals surface area contributed by atoms with E-state index in [1.54, 1.807) is 25.3 Å². The van der Waals surface area contributed by atoms with E-state index in [1.165, 1.54) is 43.4 Å². The zero-order valence-corrected chi connectivity index (χ0v) is 24.4. The van der Waals surface area contributed by atoms with Crippen molar-refractivity contribution >= 4 is 39.9 Å². The van der Waals surface area contributed by atoms with E-state index in [0.29, 0.717) is 34.8 Å². The number of nitrogens with one attached hydrogen (secondary N) is 2. The molecule has 0 aliphatic carbocycles. The number of ether oxygens (including phenoxy) is 4. The fourth-order valence-corrected chi connectivity index (χ4v) is 4.92. The zero-order chi connectivity index (χ0) is 31.1. The van der Waals surface area contributed by atoms with E-state index < -0.39 is 18.1 Å². The molecule has 1 saturated heterocycles. The molecule has 14 heteroatoms. The summed E-state index contributed by atoms with van der Waals surface area (Å²) < 4.78 is 58.9. The van der Waals surface area contributed by atoms with Crippen molar-refractivity contribution in [1.29, 1.82) is 0 Å². The van der Waals surface area contributed by atoms with E-state index in [4.69, 9.17) is 25.8 Å². The molecule has 1 aliphatic rings. The quantitative estimate of drug-likeness (QED) is 0.164. The fraction of sp³-hybridized carbons (Fsp3) is 0.300. The Kier molecular flexibility index (Phi) is 9.75. The molecule has 0 atom stereocenters. The number of carbonyl (C=O) groups is 1. The molecule has 2 N–H and O–H groups in total. The molecular weight excluding hydrogens is 603 g/mol. The number of urea groups is 1. The topological polar surface area (TPSA) is 107 Å². The predicted molar refractivity (Wildman–Crippen MR) is 159 cm³/mol. The van der Waals surface area contributed by atoms with Gasteiger partial charge in [0.1, 0.15) is 17.8 Å². The van der Waals surface area contributed by atoms with Crippen molar-refractivity contribution in [1.82, 2.24) is 14.9 Å². The van der Waals surface area contributed by atoms with Crippen molar-refractivity contribution in [2.75, 3.05) is 44.0 Å². The minimum absolute atomic E-state index is 0.0852. The van der Waals surface area contributed by atoms with E-state index in [9.17, 15) is 18.0 Å². The van der Waals surface area contributed by atoms with Gasteiger partial charge >= 0.3 is 12.4 Å². The average Bonchev–Trinajstić information content (AvgIpc) is 3.49. The van der Waals surface area contributed by atoms with Gasteiger partial charge in [-0.1, -0.05) is 17.7 Å². The molecule has 1 aliphatic heterocycles. The molecule has 3 aromatic carbocycles. The summed E-state index contributed by atoms with van der Waals surface area (Å²) in [5.74, 6) is 1.20. The Morgan fingerprint density at radius 3 is 2.57 bits per heavy atom. The summed E-state index contributed by atoms with van der Waals surface area (Å²) in [6, 6.07) is 12.2. The van der Waals surface area contributed by atoms with Crippen LogP contribution in [0.25, 0.3) is 10.9 Å². The molecule has 0 saturated carbocycles. The highest BCUT2D eigenvalue weighted by Crippen LogP contribution is 2.37. The highest BCUT2D eigenvalue weighted by atomic mass is 35.5. The third-order valence-corrected chi connectivity index (χ3v) is 7.00. The van der Waals surface area contributed by atoms with Crippen molar-refractivity contribution in [3.05, 3.63) is 65.9 Å². The van der Waals surface area contributed by atoms with Gasteiger partial charge in [0.25, 0.3) is 0 Å². The van der Waals surface area contributed by atoms with Gasteiger partial charge in [-0.15, -0.1) is 13.2 Å². The number of halogens is 4. The van der Waals surface area contributed by atoms with Crippen LogP contribution in [0.2, 0.25) is 5.02 Å². The smallest absolute Gasteiger partial charge is 0.493 e. The van der Waals surface area contributed by atoms with Crippen LogP contribution >= 0.6 is 11.6 Å². The lowest BCUT2D eigenvalue weighted by molar-refractivity contribution is -0.274. The molecule has 0 radical (unpaired) electrons. The number of hydrogen-bond donors (Lipinski definition) is 2. The Morgan fingerprint density at radius 2 is 1.82 bits per heavy atom. The molecule has 232 valence electrons. The Morgan fingerprint density at radius 1 is 1.00 bits per heavy atom. The maximum absolute atomic E-state index is 12.5. The summed E-state index contributed by atoms with van der Waals surface area (Å²) in [4.78, 5) is 23.5. The second-order valence-corrected chi connectivity index (χ2v) is 10.3. The first kappa shape index (κ1) is 31.0. The molecular formula is C30H29ClF3N5O5. The van der Waals surface area contributed by atoms with Crippen molar-refractivity contribution < 1.29 is 36.9 Å². The molecule has 10 nitrogen and oxygen atoms in total. The van der Waals surface area contributed by atoms with Crippen LogP contribution in [0.4, 0.5) is 29.3 Å². The first-order chi connectivity index (χ1) is 21.2. The van der Waals surface area contributed by atoms with Crippen LogP contribution in [-0.4, -0.2) is 60.6 Å². The van der Waals surface area contributed by atoms with E-state index in [0.717, 1.165) is 38.2 Å². The first-order valence-corrected chi connectivity index (χ1v) is 14.1. The van der Waals surface area contributed by atoms with E-state index >= 15 is 0 Å². The zero-order valence-electron chi connectivity index (χ0n) is 23.6. The van der Waals surface area contributed by atoms with Crippen molar-refractivity contribution in [3.8, 4) is 28.9 Å². The molecule has 2 amide bonds. The average molecular weight is 632 g/mol. The molecule has 44 heavy (non-hydrogen) atoms. The van der Waals surface area contributed by atoms with E-state index in [1.807, 2.05) is 0 Å². The molecule has 1 fully saturated rings. The van der Waals surface area contributed by atoms with E-state index in [2.05, 4.69) is 30.2 Å². The van der Waals surface area contributed by atoms with Crippen LogP contribution < -0.4 is 29.6 Å². The number of benzene rings is 3. The Hall–Kier alpha value is -4.49. The fourth-order valence-electron chi connectivity index (χ4n) is 4.70. The monoisotopic (exact) mass is 631 g/mol. The molecule has 2 heterocycles. The SMILES string of the molecule is COc1cc2c(Oc3ccc(NC(=O)Nc4cccc(OC(F)(F)F)c4)c(Cl)c3)ncnc2cc1OCCCN1CCCC1. The second-order valence-electron chi connectivity index (χ2n) is 9.85. The number of fused-ring (bicyclic) bond motifs is 1. The van der Waals surface area contributed by atoms with Gasteiger partial charge in [-0.2, -0.15) is 0 Å². The predicted octanol–water partition coefficient (Wildman–Crippen LogP) is 7.49. The second kappa shape index (κ2) is 13.9. The number of methoxy groups -OCH3 is 1. The lowest BCUT2D eigenvalue weighted by atomic mass is 10.2. The first-order valence-electron chi connectivity index (χ1n) is 13.8. The Labute approximate surface area is 256 Å². The highest BCUT2D eigenvalue weighted by molar-refractivity contribution is 6.34. The molecule has 0 bridgehead atoms. The Bertz CT molecular complexity index is 1620. The molecule has 5 rings (SSSR count). The van der Waals surface area contributed by atoms with Crippen LogP contribution in [0.15, 0.2) is 60.9 Å². The number of aromatic nitrogens is 2. The number of likely N-dealkylation sites (tertiary alicyclic amines) is 1. The number of nitrogens with zero attached hydrogens (tertiary/aromatic N) is 3. The number of hydrogen-bond acceptors (Lipinski definition) is 8. The molecule has 0 spiro atoms. The molecule has 0 unspecified atom stereocenters. The van der Waals surface area contributed by atoms with Gasteiger partial charge in [0.2, 0.25) is 5.88 Å². The Balaban J connectivity index is 1.23. The summed E-state index contributed by atoms with van der Waals surface area (Å²) in [5, 5.41) is 5.71. The minimum Gasteiger partial charge on any atom is -0.493 e. The van der Waals surface area contributed by atoms with Crippen molar-refractivity contribution in [2.45, 2.75) is 25.6 Å². The van der Waals surface area contributed by atoms with Crippen molar-refractivity contribution in [3.63, 3.8) is 0 Å². The minimum atomic E-state index is -4.85.